The molecule has 0 bridgehead atoms. The van der Waals surface area contributed by atoms with E-state index in [1.165, 1.54) is 12.8 Å². The van der Waals surface area contributed by atoms with Gasteiger partial charge < -0.3 is 14.8 Å². The first-order valence-corrected chi connectivity index (χ1v) is 11.6. The van der Waals surface area contributed by atoms with Crippen molar-refractivity contribution in [2.75, 3.05) is 19.7 Å². The third-order valence-electron chi connectivity index (χ3n) is 6.75. The molecule has 0 radical (unpaired) electrons. The number of nitrogens with one attached hydrogen (secondary N) is 1. The number of rotatable bonds is 6. The van der Waals surface area contributed by atoms with Gasteiger partial charge in [-0.25, -0.2) is 4.68 Å². The van der Waals surface area contributed by atoms with Crippen LogP contribution in [0.1, 0.15) is 68.9 Å². The first-order chi connectivity index (χ1) is 15.6. The summed E-state index contributed by atoms with van der Waals surface area (Å²) in [5.74, 6) is 1.48. The van der Waals surface area contributed by atoms with Crippen molar-refractivity contribution in [3.63, 3.8) is 0 Å². The minimum absolute atomic E-state index is 0.140. The van der Waals surface area contributed by atoms with Gasteiger partial charge in [-0.1, -0.05) is 12.8 Å². The largest absolute Gasteiger partial charge is 0.494 e. The van der Waals surface area contributed by atoms with Crippen LogP contribution in [-0.2, 0) is 0 Å². The highest BCUT2D eigenvalue weighted by Gasteiger charge is 2.34. The average molecular weight is 439 g/mol. The second-order valence-electron chi connectivity index (χ2n) is 8.83. The Labute approximate surface area is 186 Å². The molecule has 3 heterocycles. The second-order valence-corrected chi connectivity index (χ2v) is 8.83. The molecule has 1 aromatic carbocycles. The Kier molecular flexibility index (Phi) is 5.93. The minimum atomic E-state index is -0.373. The maximum Gasteiger partial charge on any atom is 0.253 e. The molecular formula is C23H30N6O3. The van der Waals surface area contributed by atoms with Crippen molar-refractivity contribution < 1.29 is 9.84 Å². The van der Waals surface area contributed by atoms with Crippen LogP contribution in [0.15, 0.2) is 29.1 Å². The number of aromatic amines is 1. The van der Waals surface area contributed by atoms with Gasteiger partial charge in [-0.2, -0.15) is 0 Å². The Morgan fingerprint density at radius 3 is 2.72 bits per heavy atom. The van der Waals surface area contributed by atoms with Crippen molar-refractivity contribution >= 4 is 10.9 Å². The van der Waals surface area contributed by atoms with Crippen molar-refractivity contribution in [1.82, 2.24) is 30.1 Å². The summed E-state index contributed by atoms with van der Waals surface area (Å²) in [6.07, 6.45) is 5.47. The number of hydrogen-bond donors (Lipinski definition) is 2. The summed E-state index contributed by atoms with van der Waals surface area (Å²) in [4.78, 5) is 18.6. The molecule has 9 nitrogen and oxygen atoms in total. The zero-order chi connectivity index (χ0) is 22.1. The first kappa shape index (κ1) is 21.1. The number of benzene rings is 1. The van der Waals surface area contributed by atoms with E-state index in [2.05, 4.69) is 25.4 Å². The number of likely N-dealkylation sites (tertiary alicyclic amines) is 1. The number of fused-ring (bicyclic) bond motifs is 1. The summed E-state index contributed by atoms with van der Waals surface area (Å²) in [7, 11) is 0. The van der Waals surface area contributed by atoms with Gasteiger partial charge in [-0.15, -0.1) is 5.10 Å². The zero-order valence-electron chi connectivity index (χ0n) is 18.4. The van der Waals surface area contributed by atoms with E-state index in [1.54, 1.807) is 0 Å². The topological polar surface area (TPSA) is 109 Å². The highest BCUT2D eigenvalue weighted by atomic mass is 16.5. The van der Waals surface area contributed by atoms with E-state index in [9.17, 15) is 9.90 Å². The summed E-state index contributed by atoms with van der Waals surface area (Å²) in [5, 5.41) is 23.7. The van der Waals surface area contributed by atoms with Crippen LogP contribution < -0.4 is 10.3 Å². The molecule has 32 heavy (non-hydrogen) atoms. The van der Waals surface area contributed by atoms with E-state index in [4.69, 9.17) is 4.74 Å². The number of aliphatic hydroxyl groups excluding tert-OH is 1. The van der Waals surface area contributed by atoms with Crippen LogP contribution in [0, 0.1) is 0 Å². The van der Waals surface area contributed by atoms with Crippen LogP contribution in [0.3, 0.4) is 0 Å². The lowest BCUT2D eigenvalue weighted by atomic mass is 9.99. The number of ether oxygens (including phenoxy) is 1. The first-order valence-electron chi connectivity index (χ1n) is 11.6. The smallest absolute Gasteiger partial charge is 0.253 e. The third-order valence-corrected chi connectivity index (χ3v) is 6.75. The van der Waals surface area contributed by atoms with Gasteiger partial charge in [0.25, 0.3) is 5.56 Å². The SMILES string of the molecule is CCOc1ccc2[nH]c(=O)c([C@@H](c3nnnn3C3CCCC3)N3CCC(O)CC3)cc2c1. The van der Waals surface area contributed by atoms with Crippen molar-refractivity contribution in [2.24, 2.45) is 0 Å². The van der Waals surface area contributed by atoms with Crippen molar-refractivity contribution in [3.05, 3.63) is 46.0 Å². The van der Waals surface area contributed by atoms with Gasteiger partial charge in [0.2, 0.25) is 0 Å². The van der Waals surface area contributed by atoms with Gasteiger partial charge in [0, 0.05) is 29.6 Å². The number of pyridine rings is 1. The Morgan fingerprint density at radius 1 is 1.19 bits per heavy atom. The zero-order valence-corrected chi connectivity index (χ0v) is 18.4. The molecule has 9 heteroatoms. The Morgan fingerprint density at radius 2 is 1.97 bits per heavy atom. The Balaban J connectivity index is 1.62. The predicted molar refractivity (Wildman–Crippen MR) is 120 cm³/mol. The lowest BCUT2D eigenvalue weighted by molar-refractivity contribution is 0.0654. The summed E-state index contributed by atoms with van der Waals surface area (Å²) in [5.41, 5.74) is 1.25. The van der Waals surface area contributed by atoms with Crippen LogP contribution in [0.4, 0.5) is 0 Å². The molecule has 0 amide bonds. The van der Waals surface area contributed by atoms with Crippen LogP contribution in [-0.4, -0.2) is 61.0 Å². The fourth-order valence-corrected chi connectivity index (χ4v) is 5.09. The lowest BCUT2D eigenvalue weighted by Crippen LogP contribution is -2.42. The van der Waals surface area contributed by atoms with Gasteiger partial charge >= 0.3 is 0 Å². The van der Waals surface area contributed by atoms with E-state index in [0.29, 0.717) is 43.9 Å². The molecule has 0 unspecified atom stereocenters. The van der Waals surface area contributed by atoms with Gasteiger partial charge in [0.05, 0.1) is 18.8 Å². The highest BCUT2D eigenvalue weighted by Crippen LogP contribution is 2.35. The van der Waals surface area contributed by atoms with E-state index in [-0.39, 0.29) is 23.7 Å². The quantitative estimate of drug-likeness (QED) is 0.609. The highest BCUT2D eigenvalue weighted by molar-refractivity contribution is 5.80. The standard InChI is InChI=1S/C23H30N6O3/c1-2-32-18-7-8-20-15(13-18)14-19(23(31)24-20)21(28-11-9-17(30)10-12-28)22-25-26-27-29(22)16-5-3-4-6-16/h7-8,13-14,16-17,21,30H,2-6,9-12H2,1H3,(H,24,31)/t21-/m0/s1. The monoisotopic (exact) mass is 438 g/mol. The van der Waals surface area contributed by atoms with Gasteiger partial charge in [0.1, 0.15) is 11.8 Å². The fraction of sp³-hybridized carbons (Fsp3) is 0.565. The van der Waals surface area contributed by atoms with Gasteiger partial charge in [-0.05, 0) is 67.3 Å². The molecule has 2 aliphatic rings. The molecule has 1 aliphatic carbocycles. The van der Waals surface area contributed by atoms with Gasteiger partial charge in [-0.3, -0.25) is 9.69 Å². The average Bonchev–Trinajstić information content (AvgIpc) is 3.48. The normalized spacial score (nSPS) is 19.6. The van der Waals surface area contributed by atoms with E-state index < -0.39 is 0 Å². The molecule has 0 spiro atoms. The predicted octanol–water partition coefficient (Wildman–Crippen LogP) is 2.57. The summed E-state index contributed by atoms with van der Waals surface area (Å²) in [6.45, 7) is 3.89. The van der Waals surface area contributed by atoms with Crippen LogP contribution in [0.5, 0.6) is 5.75 Å². The molecule has 2 N–H and O–H groups in total. The van der Waals surface area contributed by atoms with Gasteiger partial charge in [0.15, 0.2) is 5.82 Å². The molecule has 170 valence electrons. The Hall–Kier alpha value is -2.78. The molecule has 1 aliphatic heterocycles. The van der Waals surface area contributed by atoms with Crippen LogP contribution in [0.25, 0.3) is 10.9 Å². The van der Waals surface area contributed by atoms with Crippen molar-refractivity contribution in [1.29, 1.82) is 0 Å². The van der Waals surface area contributed by atoms with Crippen molar-refractivity contribution in [2.45, 2.75) is 63.6 Å². The molecule has 2 fully saturated rings. The number of piperidine rings is 1. The molecule has 1 saturated carbocycles. The second kappa shape index (κ2) is 8.99. The van der Waals surface area contributed by atoms with E-state index in [1.807, 2.05) is 35.9 Å². The molecule has 1 saturated heterocycles. The number of H-pyrrole nitrogens is 1. The molecule has 5 rings (SSSR count). The summed E-state index contributed by atoms with van der Waals surface area (Å²) in [6, 6.07) is 7.53. The number of nitrogens with zero attached hydrogens (tertiary/aromatic N) is 5. The summed E-state index contributed by atoms with van der Waals surface area (Å²) < 4.78 is 7.60. The number of aromatic nitrogens is 5. The number of aliphatic hydroxyl groups is 1. The molecule has 2 aromatic heterocycles. The minimum Gasteiger partial charge on any atom is -0.494 e. The van der Waals surface area contributed by atoms with Crippen LogP contribution in [0.2, 0.25) is 0 Å². The van der Waals surface area contributed by atoms with E-state index >= 15 is 0 Å². The fourth-order valence-electron chi connectivity index (χ4n) is 5.09. The van der Waals surface area contributed by atoms with Crippen LogP contribution >= 0.6 is 0 Å². The van der Waals surface area contributed by atoms with E-state index in [0.717, 1.165) is 29.5 Å². The molecule has 1 atom stereocenters. The molecular weight excluding hydrogens is 408 g/mol. The number of tetrazole rings is 1. The summed E-state index contributed by atoms with van der Waals surface area (Å²) >= 11 is 0. The lowest BCUT2D eigenvalue weighted by Gasteiger charge is -2.35. The number of hydrogen-bond acceptors (Lipinski definition) is 7. The Bertz CT molecular complexity index is 1130. The third kappa shape index (κ3) is 4.02. The van der Waals surface area contributed by atoms with Crippen molar-refractivity contribution in [3.8, 4) is 5.75 Å². The maximum atomic E-state index is 13.3. The maximum absolute atomic E-state index is 13.3. The molecule has 3 aromatic rings.